The van der Waals surface area contributed by atoms with Crippen LogP contribution in [0.3, 0.4) is 0 Å². The first-order chi connectivity index (χ1) is 12.9. The fourth-order valence-electron chi connectivity index (χ4n) is 3.51. The van der Waals surface area contributed by atoms with Crippen LogP contribution in [0.4, 0.5) is 5.82 Å². The zero-order valence-electron chi connectivity index (χ0n) is 16.0. The molecule has 1 aromatic carbocycles. The lowest BCUT2D eigenvalue weighted by Crippen LogP contribution is -2.49. The van der Waals surface area contributed by atoms with Crippen LogP contribution in [0, 0.1) is 0 Å². The summed E-state index contributed by atoms with van der Waals surface area (Å²) in [5.41, 5.74) is 0.498. The third-order valence-corrected chi connectivity index (χ3v) is 4.92. The average Bonchev–Trinajstić information content (AvgIpc) is 3.05. The monoisotopic (exact) mass is 370 g/mol. The third-order valence-electron chi connectivity index (χ3n) is 4.92. The van der Waals surface area contributed by atoms with E-state index in [9.17, 15) is 9.59 Å². The predicted octanol–water partition coefficient (Wildman–Crippen LogP) is 2.84. The molecule has 3 rings (SSSR count). The number of hydrogen-bond acceptors (Lipinski definition) is 4. The molecule has 0 spiro atoms. The van der Waals surface area contributed by atoms with Crippen LogP contribution >= 0.6 is 0 Å². The molecule has 7 heteroatoms. The molecule has 1 aromatic heterocycles. The Balaban J connectivity index is 1.54. The van der Waals surface area contributed by atoms with Gasteiger partial charge in [-0.1, -0.05) is 0 Å². The van der Waals surface area contributed by atoms with Gasteiger partial charge in [-0.25, -0.2) is 0 Å². The van der Waals surface area contributed by atoms with Crippen molar-refractivity contribution < 1.29 is 14.3 Å². The van der Waals surface area contributed by atoms with E-state index in [0.29, 0.717) is 17.1 Å². The molecule has 0 radical (unpaired) electrons. The van der Waals surface area contributed by atoms with E-state index in [0.717, 1.165) is 19.3 Å². The molecular weight excluding hydrogens is 344 g/mol. The summed E-state index contributed by atoms with van der Waals surface area (Å²) in [6.07, 6.45) is 4.99. The van der Waals surface area contributed by atoms with Crippen LogP contribution in [0.15, 0.2) is 36.5 Å². The van der Waals surface area contributed by atoms with Crippen LogP contribution in [0.25, 0.3) is 0 Å². The highest BCUT2D eigenvalue weighted by Crippen LogP contribution is 2.23. The highest BCUT2D eigenvalue weighted by atomic mass is 16.5. The zero-order chi connectivity index (χ0) is 19.4. The Morgan fingerprint density at radius 3 is 2.41 bits per heavy atom. The van der Waals surface area contributed by atoms with Gasteiger partial charge in [-0.15, -0.1) is 0 Å². The number of anilines is 1. The Morgan fingerprint density at radius 1 is 1.15 bits per heavy atom. The highest BCUT2D eigenvalue weighted by Gasteiger charge is 2.28. The van der Waals surface area contributed by atoms with Gasteiger partial charge < -0.3 is 15.0 Å². The van der Waals surface area contributed by atoms with Gasteiger partial charge in [0.05, 0.1) is 0 Å². The number of hydrogen-bond donors (Lipinski definition) is 1. The second-order valence-electron chi connectivity index (χ2n) is 7.07. The van der Waals surface area contributed by atoms with Gasteiger partial charge in [0, 0.05) is 37.0 Å². The summed E-state index contributed by atoms with van der Waals surface area (Å²) in [4.78, 5) is 26.6. The maximum atomic E-state index is 12.5. The Hall–Kier alpha value is -2.83. The molecule has 27 heavy (non-hydrogen) atoms. The van der Waals surface area contributed by atoms with Crippen LogP contribution in [0.5, 0.6) is 5.75 Å². The van der Waals surface area contributed by atoms with Crippen LogP contribution < -0.4 is 10.1 Å². The second-order valence-corrected chi connectivity index (χ2v) is 7.07. The van der Waals surface area contributed by atoms with Crippen molar-refractivity contribution in [2.75, 3.05) is 11.9 Å². The molecule has 7 nitrogen and oxygen atoms in total. The SMILES string of the molecule is C[C@H]1CCC[C@H](C)N1C(=O)COc1ccc(C(=O)Nc2ccn(C)n2)cc1. The predicted molar refractivity (Wildman–Crippen MR) is 103 cm³/mol. The number of rotatable bonds is 5. The minimum absolute atomic E-state index is 0.00618. The summed E-state index contributed by atoms with van der Waals surface area (Å²) in [7, 11) is 1.79. The van der Waals surface area contributed by atoms with Gasteiger partial charge in [0.2, 0.25) is 0 Å². The summed E-state index contributed by atoms with van der Waals surface area (Å²) >= 11 is 0. The van der Waals surface area contributed by atoms with E-state index < -0.39 is 0 Å². The molecule has 2 heterocycles. The van der Waals surface area contributed by atoms with Crippen molar-refractivity contribution >= 4 is 17.6 Å². The number of carbonyl (C=O) groups is 2. The zero-order valence-corrected chi connectivity index (χ0v) is 16.0. The van der Waals surface area contributed by atoms with Gasteiger partial charge in [0.1, 0.15) is 5.75 Å². The van der Waals surface area contributed by atoms with Gasteiger partial charge >= 0.3 is 0 Å². The summed E-state index contributed by atoms with van der Waals surface area (Å²) < 4.78 is 7.25. The van der Waals surface area contributed by atoms with E-state index in [4.69, 9.17) is 4.74 Å². The molecule has 1 aliphatic heterocycles. The van der Waals surface area contributed by atoms with Crippen molar-refractivity contribution in [2.45, 2.75) is 45.2 Å². The topological polar surface area (TPSA) is 76.5 Å². The van der Waals surface area contributed by atoms with E-state index in [-0.39, 0.29) is 30.5 Å². The number of nitrogens with one attached hydrogen (secondary N) is 1. The molecule has 0 saturated carbocycles. The summed E-state index contributed by atoms with van der Waals surface area (Å²) in [5.74, 6) is 0.826. The summed E-state index contributed by atoms with van der Waals surface area (Å²) in [6.45, 7) is 4.18. The van der Waals surface area contributed by atoms with E-state index in [2.05, 4.69) is 24.3 Å². The molecule has 0 unspecified atom stereocenters. The lowest BCUT2D eigenvalue weighted by atomic mass is 9.97. The van der Waals surface area contributed by atoms with Crippen molar-refractivity contribution in [2.24, 2.45) is 7.05 Å². The Labute approximate surface area is 159 Å². The van der Waals surface area contributed by atoms with E-state index >= 15 is 0 Å². The number of likely N-dealkylation sites (tertiary alicyclic amines) is 1. The third kappa shape index (κ3) is 4.67. The minimum Gasteiger partial charge on any atom is -0.484 e. The van der Waals surface area contributed by atoms with Gasteiger partial charge in [-0.3, -0.25) is 14.3 Å². The van der Waals surface area contributed by atoms with Crippen LogP contribution in [0.1, 0.15) is 43.5 Å². The number of aryl methyl sites for hydroxylation is 1. The number of nitrogens with zero attached hydrogens (tertiary/aromatic N) is 3. The van der Waals surface area contributed by atoms with Crippen molar-refractivity contribution in [3.05, 3.63) is 42.1 Å². The van der Waals surface area contributed by atoms with Crippen LogP contribution in [-0.2, 0) is 11.8 Å². The van der Waals surface area contributed by atoms with E-state index in [1.54, 1.807) is 48.3 Å². The maximum Gasteiger partial charge on any atom is 0.260 e. The maximum absolute atomic E-state index is 12.5. The molecule has 1 aliphatic rings. The molecule has 1 saturated heterocycles. The first-order valence-electron chi connectivity index (χ1n) is 9.29. The fraction of sp³-hybridized carbons (Fsp3) is 0.450. The number of ether oxygens (including phenoxy) is 1. The number of aromatic nitrogens is 2. The Kier molecular flexibility index (Phi) is 5.78. The largest absolute Gasteiger partial charge is 0.484 e. The molecule has 144 valence electrons. The molecule has 2 atom stereocenters. The van der Waals surface area contributed by atoms with Crippen LogP contribution in [-0.4, -0.2) is 45.2 Å². The number of benzene rings is 1. The average molecular weight is 370 g/mol. The van der Waals surface area contributed by atoms with E-state index in [1.807, 2.05) is 4.90 Å². The molecule has 0 bridgehead atoms. The summed E-state index contributed by atoms with van der Waals surface area (Å²) in [6, 6.07) is 8.97. The molecule has 2 aromatic rings. The fourth-order valence-corrected chi connectivity index (χ4v) is 3.51. The standard InChI is InChI=1S/C20H26N4O3/c1-14-5-4-6-15(2)24(14)19(25)13-27-17-9-7-16(8-10-17)20(26)21-18-11-12-23(3)22-18/h7-12,14-15H,4-6,13H2,1-3H3,(H,21,22,26)/t14-,15-/m0/s1. The normalized spacial score (nSPS) is 19.6. The molecular formula is C20H26N4O3. The molecule has 1 N–H and O–H groups in total. The second kappa shape index (κ2) is 8.24. The van der Waals surface area contributed by atoms with Crippen molar-refractivity contribution in [3.63, 3.8) is 0 Å². The van der Waals surface area contributed by atoms with Gasteiger partial charge in [-0.2, -0.15) is 5.10 Å². The van der Waals surface area contributed by atoms with Crippen molar-refractivity contribution in [3.8, 4) is 5.75 Å². The van der Waals surface area contributed by atoms with Crippen molar-refractivity contribution in [1.29, 1.82) is 0 Å². The van der Waals surface area contributed by atoms with Gasteiger partial charge in [0.25, 0.3) is 11.8 Å². The number of piperidine rings is 1. The van der Waals surface area contributed by atoms with Crippen molar-refractivity contribution in [1.82, 2.24) is 14.7 Å². The lowest BCUT2D eigenvalue weighted by molar-refractivity contribution is -0.139. The number of carbonyl (C=O) groups excluding carboxylic acids is 2. The van der Waals surface area contributed by atoms with Gasteiger partial charge in [-0.05, 0) is 57.4 Å². The van der Waals surface area contributed by atoms with E-state index in [1.165, 1.54) is 0 Å². The van der Waals surface area contributed by atoms with Crippen LogP contribution in [0.2, 0.25) is 0 Å². The first-order valence-corrected chi connectivity index (χ1v) is 9.29. The summed E-state index contributed by atoms with van der Waals surface area (Å²) in [5, 5.41) is 6.85. The Bertz CT molecular complexity index is 790. The smallest absolute Gasteiger partial charge is 0.260 e. The number of amides is 2. The first kappa shape index (κ1) is 18.9. The minimum atomic E-state index is -0.243. The van der Waals surface area contributed by atoms with Gasteiger partial charge in [0.15, 0.2) is 12.4 Å². The Morgan fingerprint density at radius 2 is 1.81 bits per heavy atom. The molecule has 2 amide bonds. The molecule has 1 fully saturated rings. The quantitative estimate of drug-likeness (QED) is 0.878. The lowest BCUT2D eigenvalue weighted by Gasteiger charge is -2.38. The highest BCUT2D eigenvalue weighted by molar-refractivity contribution is 6.03. The molecule has 0 aliphatic carbocycles.